The van der Waals surface area contributed by atoms with Crippen molar-refractivity contribution >= 4 is 27.7 Å². The van der Waals surface area contributed by atoms with Gasteiger partial charge in [-0.25, -0.2) is 17.1 Å². The van der Waals surface area contributed by atoms with E-state index in [-0.39, 0.29) is 23.4 Å². The predicted molar refractivity (Wildman–Crippen MR) is 139 cm³/mol. The second-order valence-corrected chi connectivity index (χ2v) is 10.8. The number of hydrogen-bond acceptors (Lipinski definition) is 5. The van der Waals surface area contributed by atoms with Crippen LogP contribution in [0.4, 0.5) is 4.39 Å². The molecule has 0 bridgehead atoms. The summed E-state index contributed by atoms with van der Waals surface area (Å²) >= 11 is 0. The molecule has 3 amide bonds. The number of halogens is 1. The van der Waals surface area contributed by atoms with Crippen molar-refractivity contribution in [3.63, 3.8) is 0 Å². The van der Waals surface area contributed by atoms with Crippen molar-refractivity contribution in [3.8, 4) is 0 Å². The first kappa shape index (κ1) is 27.0. The minimum Gasteiger partial charge on any atom is -0.354 e. The van der Waals surface area contributed by atoms with Crippen LogP contribution >= 0.6 is 0 Å². The number of nitrogens with zero attached hydrogens (tertiary/aromatic N) is 2. The molecule has 0 aliphatic carbocycles. The van der Waals surface area contributed by atoms with Gasteiger partial charge >= 0.3 is 0 Å². The number of amides is 3. The van der Waals surface area contributed by atoms with E-state index in [0.29, 0.717) is 22.8 Å². The normalized spacial score (nSPS) is 14.6. The standard InChI is InChI=1S/C28H28FN3O5S/c1-2-16-30-27(34)24(17-20-8-4-3-5-9-20)31(18-21-12-14-22(29)15-13-21)26(33)19-32-28(35)23-10-6-7-11-25(23)38(32,36)37/h3-15,24H,2,16-19H2,1H3,(H,30,34)/t24-/m0/s1. The fraction of sp³-hybridized carbons (Fsp3) is 0.250. The van der Waals surface area contributed by atoms with Crippen LogP contribution in [-0.4, -0.2) is 54.5 Å². The molecular weight excluding hydrogens is 509 g/mol. The minimum atomic E-state index is -4.24. The van der Waals surface area contributed by atoms with Crippen molar-refractivity contribution in [2.45, 2.75) is 37.2 Å². The van der Waals surface area contributed by atoms with Crippen LogP contribution in [0.1, 0.15) is 34.8 Å². The lowest BCUT2D eigenvalue weighted by atomic mass is 10.0. The molecule has 0 aromatic heterocycles. The number of nitrogens with one attached hydrogen (secondary N) is 1. The van der Waals surface area contributed by atoms with E-state index in [1.54, 1.807) is 6.07 Å². The van der Waals surface area contributed by atoms with Crippen LogP contribution in [0, 0.1) is 5.82 Å². The molecular formula is C28H28FN3O5S. The van der Waals surface area contributed by atoms with E-state index in [9.17, 15) is 27.2 Å². The van der Waals surface area contributed by atoms with E-state index in [1.165, 1.54) is 47.4 Å². The highest BCUT2D eigenvalue weighted by Crippen LogP contribution is 2.30. The van der Waals surface area contributed by atoms with Gasteiger partial charge in [0.15, 0.2) is 0 Å². The molecule has 3 aromatic carbocycles. The summed E-state index contributed by atoms with van der Waals surface area (Å²) in [6, 6.07) is 19.3. The monoisotopic (exact) mass is 537 g/mol. The van der Waals surface area contributed by atoms with Crippen LogP contribution in [-0.2, 0) is 32.6 Å². The fourth-order valence-corrected chi connectivity index (χ4v) is 5.83. The highest BCUT2D eigenvalue weighted by atomic mass is 32.2. The zero-order chi connectivity index (χ0) is 27.3. The van der Waals surface area contributed by atoms with Crippen LogP contribution in [0.5, 0.6) is 0 Å². The van der Waals surface area contributed by atoms with E-state index in [4.69, 9.17) is 0 Å². The van der Waals surface area contributed by atoms with Crippen molar-refractivity contribution in [1.82, 2.24) is 14.5 Å². The van der Waals surface area contributed by atoms with E-state index < -0.39 is 46.1 Å². The molecule has 198 valence electrons. The molecule has 0 saturated heterocycles. The molecule has 1 atom stereocenters. The molecule has 0 radical (unpaired) electrons. The molecule has 8 nitrogen and oxygen atoms in total. The molecule has 0 saturated carbocycles. The molecule has 3 aromatic rings. The van der Waals surface area contributed by atoms with Crippen molar-refractivity contribution < 1.29 is 27.2 Å². The van der Waals surface area contributed by atoms with Crippen LogP contribution in [0.25, 0.3) is 0 Å². The van der Waals surface area contributed by atoms with Gasteiger partial charge in [-0.3, -0.25) is 14.4 Å². The Labute approximate surface area is 221 Å². The Balaban J connectivity index is 1.70. The highest BCUT2D eigenvalue weighted by Gasteiger charge is 2.43. The smallest absolute Gasteiger partial charge is 0.269 e. The quantitative estimate of drug-likeness (QED) is 0.428. The molecule has 38 heavy (non-hydrogen) atoms. The number of fused-ring (bicyclic) bond motifs is 1. The third-order valence-corrected chi connectivity index (χ3v) is 8.06. The summed E-state index contributed by atoms with van der Waals surface area (Å²) in [5, 5.41) is 2.82. The number of benzene rings is 3. The fourth-order valence-electron chi connectivity index (χ4n) is 4.31. The summed E-state index contributed by atoms with van der Waals surface area (Å²) in [4.78, 5) is 41.2. The van der Waals surface area contributed by atoms with Crippen molar-refractivity contribution in [2.75, 3.05) is 13.1 Å². The van der Waals surface area contributed by atoms with E-state index >= 15 is 0 Å². The third kappa shape index (κ3) is 5.75. The van der Waals surface area contributed by atoms with E-state index in [1.807, 2.05) is 37.3 Å². The molecule has 0 fully saturated rings. The Bertz CT molecular complexity index is 1430. The molecule has 1 aliphatic rings. The number of sulfonamides is 1. The van der Waals surface area contributed by atoms with Gasteiger partial charge in [-0.2, -0.15) is 0 Å². The molecule has 10 heteroatoms. The van der Waals surface area contributed by atoms with Crippen LogP contribution in [0.3, 0.4) is 0 Å². The summed E-state index contributed by atoms with van der Waals surface area (Å²) in [6.07, 6.45) is 0.832. The first-order valence-electron chi connectivity index (χ1n) is 12.2. The maximum Gasteiger partial charge on any atom is 0.269 e. The Hall–Kier alpha value is -4.05. The lowest BCUT2D eigenvalue weighted by Crippen LogP contribution is -2.53. The lowest BCUT2D eigenvalue weighted by Gasteiger charge is -2.32. The Morgan fingerprint density at radius 3 is 2.26 bits per heavy atom. The Morgan fingerprint density at radius 2 is 1.61 bits per heavy atom. The number of hydrogen-bond donors (Lipinski definition) is 1. The second-order valence-electron chi connectivity index (χ2n) is 8.96. The SMILES string of the molecule is CCCNC(=O)[C@H](Cc1ccccc1)N(Cc1ccc(F)cc1)C(=O)CN1C(=O)c2ccccc2S1(=O)=O. The molecule has 1 aliphatic heterocycles. The van der Waals surface area contributed by atoms with Crippen molar-refractivity contribution in [3.05, 3.63) is 101 Å². The molecule has 0 spiro atoms. The van der Waals surface area contributed by atoms with Gasteiger partial charge in [-0.1, -0.05) is 61.5 Å². The first-order valence-corrected chi connectivity index (χ1v) is 13.7. The molecule has 1 heterocycles. The van der Waals surface area contributed by atoms with Gasteiger partial charge in [0, 0.05) is 19.5 Å². The molecule has 0 unspecified atom stereocenters. The maximum absolute atomic E-state index is 13.8. The summed E-state index contributed by atoms with van der Waals surface area (Å²) in [6.45, 7) is 1.42. The number of carbonyl (C=O) groups excluding carboxylic acids is 3. The second kappa shape index (κ2) is 11.6. The lowest BCUT2D eigenvalue weighted by molar-refractivity contribution is -0.141. The first-order chi connectivity index (χ1) is 18.2. The largest absolute Gasteiger partial charge is 0.354 e. The average molecular weight is 538 g/mol. The van der Waals surface area contributed by atoms with Gasteiger partial charge in [0.05, 0.1) is 5.56 Å². The maximum atomic E-state index is 13.8. The number of carbonyl (C=O) groups is 3. The molecule has 1 N–H and O–H groups in total. The highest BCUT2D eigenvalue weighted by molar-refractivity contribution is 7.90. The van der Waals surface area contributed by atoms with Gasteiger partial charge in [0.25, 0.3) is 15.9 Å². The third-order valence-electron chi connectivity index (χ3n) is 6.28. The van der Waals surface area contributed by atoms with Crippen LogP contribution in [0.15, 0.2) is 83.8 Å². The minimum absolute atomic E-state index is 0.00749. The predicted octanol–water partition coefficient (Wildman–Crippen LogP) is 3.14. The van der Waals surface area contributed by atoms with Gasteiger partial charge in [0.2, 0.25) is 11.8 Å². The van der Waals surface area contributed by atoms with Crippen LogP contribution in [0.2, 0.25) is 0 Å². The Kier molecular flexibility index (Phi) is 8.21. The zero-order valence-electron chi connectivity index (χ0n) is 20.8. The van der Waals surface area contributed by atoms with Gasteiger partial charge in [-0.15, -0.1) is 0 Å². The van der Waals surface area contributed by atoms with Crippen molar-refractivity contribution in [2.24, 2.45) is 0 Å². The average Bonchev–Trinajstić information content (AvgIpc) is 3.11. The Morgan fingerprint density at radius 1 is 0.947 bits per heavy atom. The number of rotatable bonds is 10. The summed E-state index contributed by atoms with van der Waals surface area (Å²) in [7, 11) is -4.24. The van der Waals surface area contributed by atoms with Gasteiger partial charge in [-0.05, 0) is 41.8 Å². The van der Waals surface area contributed by atoms with Gasteiger partial charge < -0.3 is 10.2 Å². The van der Waals surface area contributed by atoms with Crippen LogP contribution < -0.4 is 5.32 Å². The van der Waals surface area contributed by atoms with Crippen molar-refractivity contribution in [1.29, 1.82) is 0 Å². The topological polar surface area (TPSA) is 104 Å². The summed E-state index contributed by atoms with van der Waals surface area (Å²) < 4.78 is 40.3. The van der Waals surface area contributed by atoms with E-state index in [0.717, 1.165) is 5.56 Å². The van der Waals surface area contributed by atoms with Gasteiger partial charge in [0.1, 0.15) is 23.3 Å². The summed E-state index contributed by atoms with van der Waals surface area (Å²) in [5.41, 5.74) is 1.32. The molecule has 4 rings (SSSR count). The zero-order valence-corrected chi connectivity index (χ0v) is 21.7. The van der Waals surface area contributed by atoms with E-state index in [2.05, 4.69) is 5.32 Å². The summed E-state index contributed by atoms with van der Waals surface area (Å²) in [5.74, 6) is -2.40.